The predicted octanol–water partition coefficient (Wildman–Crippen LogP) is 3.61. The summed E-state index contributed by atoms with van der Waals surface area (Å²) in [5.74, 6) is 0. The molecule has 7 heteroatoms. The summed E-state index contributed by atoms with van der Waals surface area (Å²) in [5, 5.41) is 4.48. The minimum absolute atomic E-state index is 0.135. The fourth-order valence-corrected chi connectivity index (χ4v) is 2.85. The lowest BCUT2D eigenvalue weighted by Gasteiger charge is -2.04. The number of halogens is 2. The topological polar surface area (TPSA) is 58.5 Å². The normalized spacial score (nSPS) is 11.8. The number of hydrazone groups is 1. The van der Waals surface area contributed by atoms with Crippen LogP contribution in [0.25, 0.3) is 0 Å². The summed E-state index contributed by atoms with van der Waals surface area (Å²) in [4.78, 5) is 2.26. The SMILES string of the molecule is Cc1ccc(S(=O)(=O)N/N=C\c2c(Cl)cccc2Cl)cc1. The van der Waals surface area contributed by atoms with E-state index in [1.807, 2.05) is 6.92 Å². The lowest BCUT2D eigenvalue weighted by molar-refractivity contribution is 0.584. The van der Waals surface area contributed by atoms with Crippen molar-refractivity contribution in [2.45, 2.75) is 11.8 Å². The van der Waals surface area contributed by atoms with Crippen molar-refractivity contribution < 1.29 is 8.42 Å². The Balaban J connectivity index is 2.19. The van der Waals surface area contributed by atoms with Crippen molar-refractivity contribution in [2.75, 3.05) is 0 Å². The zero-order chi connectivity index (χ0) is 15.5. The van der Waals surface area contributed by atoms with Gasteiger partial charge in [-0.15, -0.1) is 0 Å². The maximum Gasteiger partial charge on any atom is 0.276 e. The maximum absolute atomic E-state index is 12.0. The fraction of sp³-hybridized carbons (Fsp3) is 0.0714. The van der Waals surface area contributed by atoms with Crippen LogP contribution in [-0.2, 0) is 10.0 Å². The monoisotopic (exact) mass is 342 g/mol. The molecule has 0 aliphatic rings. The molecule has 0 unspecified atom stereocenters. The molecule has 0 aromatic heterocycles. The molecular weight excluding hydrogens is 331 g/mol. The van der Waals surface area contributed by atoms with Crippen LogP contribution in [0.5, 0.6) is 0 Å². The van der Waals surface area contributed by atoms with Gasteiger partial charge in [-0.2, -0.15) is 13.5 Å². The number of nitrogens with one attached hydrogen (secondary N) is 1. The second-order valence-electron chi connectivity index (χ2n) is 4.30. The highest BCUT2D eigenvalue weighted by Gasteiger charge is 2.12. The van der Waals surface area contributed by atoms with Gasteiger partial charge in [-0.3, -0.25) is 0 Å². The highest BCUT2D eigenvalue weighted by Crippen LogP contribution is 2.22. The van der Waals surface area contributed by atoms with E-state index in [2.05, 4.69) is 9.93 Å². The number of hydrogen-bond donors (Lipinski definition) is 1. The smallest absolute Gasteiger partial charge is 0.200 e. The Morgan fingerprint density at radius 2 is 1.62 bits per heavy atom. The summed E-state index contributed by atoms with van der Waals surface area (Å²) >= 11 is 11.9. The highest BCUT2D eigenvalue weighted by molar-refractivity contribution is 7.89. The van der Waals surface area contributed by atoms with E-state index in [4.69, 9.17) is 23.2 Å². The summed E-state index contributed by atoms with van der Waals surface area (Å²) < 4.78 is 24.0. The second kappa shape index (κ2) is 6.47. The van der Waals surface area contributed by atoms with Crippen molar-refractivity contribution in [3.63, 3.8) is 0 Å². The van der Waals surface area contributed by atoms with Crippen LogP contribution in [0.15, 0.2) is 52.5 Å². The van der Waals surface area contributed by atoms with E-state index < -0.39 is 10.0 Å². The van der Waals surface area contributed by atoms with Gasteiger partial charge in [-0.1, -0.05) is 47.0 Å². The predicted molar refractivity (Wildman–Crippen MR) is 85.6 cm³/mol. The third-order valence-electron chi connectivity index (χ3n) is 2.70. The third-order valence-corrected chi connectivity index (χ3v) is 4.60. The van der Waals surface area contributed by atoms with Gasteiger partial charge < -0.3 is 0 Å². The zero-order valence-electron chi connectivity index (χ0n) is 11.0. The molecule has 0 saturated carbocycles. The maximum atomic E-state index is 12.0. The first-order valence-electron chi connectivity index (χ1n) is 5.96. The van der Waals surface area contributed by atoms with Crippen LogP contribution in [0.4, 0.5) is 0 Å². The summed E-state index contributed by atoms with van der Waals surface area (Å²) in [6.45, 7) is 1.88. The molecule has 0 bridgehead atoms. The molecule has 2 rings (SSSR count). The van der Waals surface area contributed by atoms with E-state index in [9.17, 15) is 8.42 Å². The molecule has 0 amide bonds. The van der Waals surface area contributed by atoms with Gasteiger partial charge in [-0.25, -0.2) is 4.83 Å². The van der Waals surface area contributed by atoms with E-state index in [1.165, 1.54) is 18.3 Å². The van der Waals surface area contributed by atoms with Crippen LogP contribution in [0.1, 0.15) is 11.1 Å². The molecule has 0 atom stereocenters. The standard InChI is InChI=1S/C14H12Cl2N2O2S/c1-10-5-7-11(8-6-10)21(19,20)18-17-9-12-13(15)3-2-4-14(12)16/h2-9,18H,1H3/b17-9-. The Morgan fingerprint density at radius 1 is 1.05 bits per heavy atom. The van der Waals surface area contributed by atoms with E-state index in [-0.39, 0.29) is 4.90 Å². The molecule has 0 fully saturated rings. The molecule has 2 aromatic rings. The summed E-state index contributed by atoms with van der Waals surface area (Å²) in [6.07, 6.45) is 1.27. The van der Waals surface area contributed by atoms with Gasteiger partial charge >= 0.3 is 0 Å². The molecule has 1 N–H and O–H groups in total. The van der Waals surface area contributed by atoms with Crippen molar-refractivity contribution in [2.24, 2.45) is 5.10 Å². The summed E-state index contributed by atoms with van der Waals surface area (Å²) in [6, 6.07) is 11.4. The minimum Gasteiger partial charge on any atom is -0.200 e. The molecule has 0 spiro atoms. The number of nitrogens with zero attached hydrogens (tertiary/aromatic N) is 1. The molecule has 2 aromatic carbocycles. The largest absolute Gasteiger partial charge is 0.276 e. The quantitative estimate of drug-likeness (QED) is 0.681. The number of hydrogen-bond acceptors (Lipinski definition) is 3. The molecule has 0 radical (unpaired) electrons. The van der Waals surface area contributed by atoms with Crippen LogP contribution in [0.3, 0.4) is 0 Å². The number of sulfonamides is 1. The lowest BCUT2D eigenvalue weighted by atomic mass is 10.2. The zero-order valence-corrected chi connectivity index (χ0v) is 13.4. The van der Waals surface area contributed by atoms with Crippen LogP contribution in [0.2, 0.25) is 10.0 Å². The molecular formula is C14H12Cl2N2O2S. The number of aryl methyl sites for hydroxylation is 1. The first-order chi connectivity index (χ1) is 9.90. The Kier molecular flexibility index (Phi) is 4.88. The van der Waals surface area contributed by atoms with Crippen molar-refractivity contribution in [1.29, 1.82) is 0 Å². The Morgan fingerprint density at radius 3 is 2.19 bits per heavy atom. The van der Waals surface area contributed by atoms with E-state index in [1.54, 1.807) is 30.3 Å². The molecule has 0 saturated heterocycles. The average Bonchev–Trinajstić information content (AvgIpc) is 2.42. The fourth-order valence-electron chi connectivity index (χ4n) is 1.56. The van der Waals surface area contributed by atoms with Crippen molar-refractivity contribution >= 4 is 39.4 Å². The van der Waals surface area contributed by atoms with Gasteiger partial charge in [-0.05, 0) is 31.2 Å². The van der Waals surface area contributed by atoms with E-state index in [0.29, 0.717) is 15.6 Å². The Labute approximate surface area is 133 Å². The van der Waals surface area contributed by atoms with E-state index in [0.717, 1.165) is 5.56 Å². The van der Waals surface area contributed by atoms with Crippen molar-refractivity contribution in [1.82, 2.24) is 4.83 Å². The van der Waals surface area contributed by atoms with Gasteiger partial charge in [0.05, 0.1) is 21.2 Å². The van der Waals surface area contributed by atoms with Crippen LogP contribution in [-0.4, -0.2) is 14.6 Å². The minimum atomic E-state index is -3.71. The van der Waals surface area contributed by atoms with Crippen LogP contribution >= 0.6 is 23.2 Å². The number of benzene rings is 2. The molecule has 0 aliphatic heterocycles. The van der Waals surface area contributed by atoms with E-state index >= 15 is 0 Å². The highest BCUT2D eigenvalue weighted by atomic mass is 35.5. The van der Waals surface area contributed by atoms with Gasteiger partial charge in [0, 0.05) is 5.56 Å². The first-order valence-corrected chi connectivity index (χ1v) is 8.19. The van der Waals surface area contributed by atoms with Gasteiger partial charge in [0.15, 0.2) is 0 Å². The third kappa shape index (κ3) is 3.97. The second-order valence-corrected chi connectivity index (χ2v) is 6.78. The van der Waals surface area contributed by atoms with Crippen LogP contribution < -0.4 is 4.83 Å². The van der Waals surface area contributed by atoms with Crippen molar-refractivity contribution in [3.05, 3.63) is 63.6 Å². The van der Waals surface area contributed by atoms with Crippen molar-refractivity contribution in [3.8, 4) is 0 Å². The summed E-state index contributed by atoms with van der Waals surface area (Å²) in [5.41, 5.74) is 1.42. The lowest BCUT2D eigenvalue weighted by Crippen LogP contribution is -2.18. The number of rotatable bonds is 4. The molecule has 0 heterocycles. The Bertz CT molecular complexity index is 752. The molecule has 21 heavy (non-hydrogen) atoms. The van der Waals surface area contributed by atoms with Gasteiger partial charge in [0.1, 0.15) is 0 Å². The molecule has 110 valence electrons. The average molecular weight is 343 g/mol. The summed E-state index contributed by atoms with van der Waals surface area (Å²) in [7, 11) is -3.71. The molecule has 0 aliphatic carbocycles. The first kappa shape index (κ1) is 15.8. The van der Waals surface area contributed by atoms with Gasteiger partial charge in [0.25, 0.3) is 10.0 Å². The molecule has 4 nitrogen and oxygen atoms in total. The Hall–Kier alpha value is -1.56. The van der Waals surface area contributed by atoms with Crippen LogP contribution in [0, 0.1) is 6.92 Å². The van der Waals surface area contributed by atoms with Gasteiger partial charge in [0.2, 0.25) is 0 Å².